The van der Waals surface area contributed by atoms with Gasteiger partial charge < -0.3 is 15.0 Å². The summed E-state index contributed by atoms with van der Waals surface area (Å²) in [4.78, 5) is 28.2. The van der Waals surface area contributed by atoms with Gasteiger partial charge in [0.25, 0.3) is 0 Å². The molecule has 1 N–H and O–H groups in total. The van der Waals surface area contributed by atoms with Crippen molar-refractivity contribution in [3.8, 4) is 5.75 Å². The van der Waals surface area contributed by atoms with Gasteiger partial charge in [-0.3, -0.25) is 13.9 Å². The monoisotopic (exact) mass is 557 g/mol. The van der Waals surface area contributed by atoms with E-state index in [1.54, 1.807) is 43.3 Å². The molecule has 2 aromatic rings. The molecule has 0 saturated heterocycles. The zero-order valence-electron chi connectivity index (χ0n) is 21.1. The summed E-state index contributed by atoms with van der Waals surface area (Å²) in [5.74, 6) is -0.478. The second kappa shape index (κ2) is 13.2. The van der Waals surface area contributed by atoms with Crippen molar-refractivity contribution in [2.75, 3.05) is 24.2 Å². The molecule has 2 rings (SSSR count). The van der Waals surface area contributed by atoms with E-state index >= 15 is 0 Å². The average molecular weight is 559 g/mol. The van der Waals surface area contributed by atoms with E-state index in [9.17, 15) is 18.0 Å². The third kappa shape index (κ3) is 7.75. The molecule has 11 heteroatoms. The molecule has 2 amide bonds. The van der Waals surface area contributed by atoms with Gasteiger partial charge >= 0.3 is 0 Å². The molecule has 2 atom stereocenters. The highest BCUT2D eigenvalue weighted by Gasteiger charge is 2.33. The standard InChI is InChI=1S/C25H33Cl2N3O5S/c1-6-17(3)28-25(32)23(7-2)29(15-20-21(26)12-9-13-22(20)27)24(31)16-30(36(5,33)34)18-10-8-11-19(14-18)35-4/h8-14,17,23H,6-7,15-16H2,1-5H3,(H,28,32)/t17-,23+/m1/s1. The number of amides is 2. The molecule has 0 spiro atoms. The van der Waals surface area contributed by atoms with E-state index in [-0.39, 0.29) is 24.2 Å². The molecule has 0 aliphatic carbocycles. The smallest absolute Gasteiger partial charge is 0.244 e. The van der Waals surface area contributed by atoms with E-state index in [0.29, 0.717) is 34.2 Å². The summed E-state index contributed by atoms with van der Waals surface area (Å²) in [6.07, 6.45) is 2.03. The van der Waals surface area contributed by atoms with Crippen LogP contribution >= 0.6 is 23.2 Å². The summed E-state index contributed by atoms with van der Waals surface area (Å²) in [7, 11) is -2.39. The van der Waals surface area contributed by atoms with Crippen LogP contribution in [0.1, 0.15) is 39.2 Å². The number of carbonyl (C=O) groups is 2. The number of hydrogen-bond donors (Lipinski definition) is 1. The Balaban J connectivity index is 2.51. The van der Waals surface area contributed by atoms with E-state index in [4.69, 9.17) is 27.9 Å². The molecule has 0 aliphatic rings. The zero-order valence-corrected chi connectivity index (χ0v) is 23.5. The first-order chi connectivity index (χ1) is 16.9. The van der Waals surface area contributed by atoms with Gasteiger partial charge in [0.2, 0.25) is 21.8 Å². The van der Waals surface area contributed by atoms with Crippen molar-refractivity contribution in [1.29, 1.82) is 0 Å². The van der Waals surface area contributed by atoms with Crippen molar-refractivity contribution in [1.82, 2.24) is 10.2 Å². The number of nitrogens with one attached hydrogen (secondary N) is 1. The van der Waals surface area contributed by atoms with E-state index in [1.807, 2.05) is 13.8 Å². The number of hydrogen-bond acceptors (Lipinski definition) is 5. The van der Waals surface area contributed by atoms with Gasteiger partial charge in [0.1, 0.15) is 18.3 Å². The number of sulfonamides is 1. The molecule has 198 valence electrons. The van der Waals surface area contributed by atoms with Crippen LogP contribution in [-0.2, 0) is 26.2 Å². The van der Waals surface area contributed by atoms with Crippen LogP contribution in [0, 0.1) is 0 Å². The second-order valence-corrected chi connectivity index (χ2v) is 11.2. The third-order valence-electron chi connectivity index (χ3n) is 5.80. The first kappa shape index (κ1) is 29.7. The number of benzene rings is 2. The Morgan fingerprint density at radius 2 is 1.67 bits per heavy atom. The number of methoxy groups -OCH3 is 1. The molecule has 0 aliphatic heterocycles. The second-order valence-electron chi connectivity index (χ2n) is 8.43. The van der Waals surface area contributed by atoms with Crippen LogP contribution in [-0.4, -0.2) is 57.1 Å². The lowest BCUT2D eigenvalue weighted by Crippen LogP contribution is -2.53. The molecular weight excluding hydrogens is 525 g/mol. The molecule has 0 fully saturated rings. The quantitative estimate of drug-likeness (QED) is 0.414. The molecule has 0 heterocycles. The normalized spacial score (nSPS) is 13.0. The van der Waals surface area contributed by atoms with Gasteiger partial charge in [-0.2, -0.15) is 0 Å². The summed E-state index contributed by atoms with van der Waals surface area (Å²) in [6.45, 7) is 5.00. The molecule has 2 aromatic carbocycles. The van der Waals surface area contributed by atoms with Crippen molar-refractivity contribution >= 4 is 50.7 Å². The highest BCUT2D eigenvalue weighted by atomic mass is 35.5. The van der Waals surface area contributed by atoms with Crippen LogP contribution in [0.2, 0.25) is 10.0 Å². The Morgan fingerprint density at radius 1 is 1.06 bits per heavy atom. The molecule has 0 bridgehead atoms. The van der Waals surface area contributed by atoms with E-state index in [1.165, 1.54) is 18.1 Å². The first-order valence-electron chi connectivity index (χ1n) is 11.6. The van der Waals surface area contributed by atoms with Crippen molar-refractivity contribution in [3.05, 3.63) is 58.1 Å². The Morgan fingerprint density at radius 3 is 2.19 bits per heavy atom. The summed E-state index contributed by atoms with van der Waals surface area (Å²) in [6, 6.07) is 10.4. The summed E-state index contributed by atoms with van der Waals surface area (Å²) < 4.78 is 31.6. The number of ether oxygens (including phenoxy) is 1. The number of rotatable bonds is 12. The van der Waals surface area contributed by atoms with Crippen LogP contribution < -0.4 is 14.4 Å². The maximum Gasteiger partial charge on any atom is 0.244 e. The maximum absolute atomic E-state index is 13.7. The average Bonchev–Trinajstić information content (AvgIpc) is 2.83. The van der Waals surface area contributed by atoms with Crippen LogP contribution in [0.15, 0.2) is 42.5 Å². The zero-order chi connectivity index (χ0) is 27.0. The Bertz CT molecular complexity index is 1160. The van der Waals surface area contributed by atoms with Gasteiger partial charge in [-0.05, 0) is 44.0 Å². The van der Waals surface area contributed by atoms with Gasteiger partial charge in [-0.25, -0.2) is 8.42 Å². The molecular formula is C25H33Cl2N3O5S. The van der Waals surface area contributed by atoms with E-state index in [2.05, 4.69) is 5.32 Å². The van der Waals surface area contributed by atoms with Crippen LogP contribution in [0.25, 0.3) is 0 Å². The van der Waals surface area contributed by atoms with Crippen LogP contribution in [0.4, 0.5) is 5.69 Å². The first-order valence-corrected chi connectivity index (χ1v) is 14.2. The molecule has 0 radical (unpaired) electrons. The van der Waals surface area contributed by atoms with Crippen molar-refractivity contribution < 1.29 is 22.7 Å². The third-order valence-corrected chi connectivity index (χ3v) is 7.65. The summed E-state index contributed by atoms with van der Waals surface area (Å²) in [5, 5.41) is 3.59. The predicted molar refractivity (Wildman–Crippen MR) is 144 cm³/mol. The molecule has 0 saturated carbocycles. The highest BCUT2D eigenvalue weighted by Crippen LogP contribution is 2.28. The molecule has 0 unspecified atom stereocenters. The lowest BCUT2D eigenvalue weighted by Gasteiger charge is -2.33. The minimum atomic E-state index is -3.86. The molecule has 0 aromatic heterocycles. The van der Waals surface area contributed by atoms with Crippen molar-refractivity contribution in [2.24, 2.45) is 0 Å². The van der Waals surface area contributed by atoms with Gasteiger partial charge in [-0.15, -0.1) is 0 Å². The number of carbonyl (C=O) groups excluding carboxylic acids is 2. The Labute approximate surface area is 223 Å². The fraction of sp³-hybridized carbons (Fsp3) is 0.440. The predicted octanol–water partition coefficient (Wildman–Crippen LogP) is 4.49. The van der Waals surface area contributed by atoms with Gasteiger partial charge in [-0.1, -0.05) is 49.2 Å². The van der Waals surface area contributed by atoms with Crippen LogP contribution in [0.5, 0.6) is 5.75 Å². The van der Waals surface area contributed by atoms with Crippen LogP contribution in [0.3, 0.4) is 0 Å². The highest BCUT2D eigenvalue weighted by molar-refractivity contribution is 7.92. The van der Waals surface area contributed by atoms with E-state index in [0.717, 1.165) is 10.6 Å². The fourth-order valence-corrected chi connectivity index (χ4v) is 4.95. The Hall–Kier alpha value is -2.49. The largest absolute Gasteiger partial charge is 0.497 e. The number of halogens is 2. The minimum Gasteiger partial charge on any atom is -0.497 e. The van der Waals surface area contributed by atoms with Gasteiger partial charge in [0, 0.05) is 34.3 Å². The fourth-order valence-electron chi connectivity index (χ4n) is 3.59. The van der Waals surface area contributed by atoms with Gasteiger partial charge in [0.15, 0.2) is 0 Å². The SMILES string of the molecule is CC[C@@H](C)NC(=O)[C@H](CC)N(Cc1c(Cl)cccc1Cl)C(=O)CN(c1cccc(OC)c1)S(C)(=O)=O. The molecule has 8 nitrogen and oxygen atoms in total. The lowest BCUT2D eigenvalue weighted by atomic mass is 10.1. The summed E-state index contributed by atoms with van der Waals surface area (Å²) >= 11 is 12.8. The number of nitrogens with zero attached hydrogens (tertiary/aromatic N) is 2. The topological polar surface area (TPSA) is 96.0 Å². The van der Waals surface area contributed by atoms with Gasteiger partial charge in [0.05, 0.1) is 19.1 Å². The van der Waals surface area contributed by atoms with E-state index < -0.39 is 28.5 Å². The van der Waals surface area contributed by atoms with Crippen molar-refractivity contribution in [3.63, 3.8) is 0 Å². The molecule has 36 heavy (non-hydrogen) atoms. The minimum absolute atomic E-state index is 0.0700. The summed E-state index contributed by atoms with van der Waals surface area (Å²) in [5.41, 5.74) is 0.731. The lowest BCUT2D eigenvalue weighted by molar-refractivity contribution is -0.140. The van der Waals surface area contributed by atoms with Crippen molar-refractivity contribution in [2.45, 2.75) is 52.2 Å². The Kier molecular flexibility index (Phi) is 10.9. The maximum atomic E-state index is 13.7. The number of anilines is 1.